The lowest BCUT2D eigenvalue weighted by molar-refractivity contribution is -0.0503. The van der Waals surface area contributed by atoms with E-state index in [-0.39, 0.29) is 63.7 Å². The van der Waals surface area contributed by atoms with Crippen LogP contribution in [-0.4, -0.2) is 66.9 Å². The predicted octanol–water partition coefficient (Wildman–Crippen LogP) is 7.19. The fourth-order valence-corrected chi connectivity index (χ4v) is 5.59. The molecule has 3 saturated carbocycles. The van der Waals surface area contributed by atoms with E-state index < -0.39 is 24.2 Å². The first-order valence-corrected chi connectivity index (χ1v) is 17.6. The molecular weight excluding hydrogens is 863 g/mol. The van der Waals surface area contributed by atoms with Crippen LogP contribution in [0.5, 0.6) is 28.7 Å². The summed E-state index contributed by atoms with van der Waals surface area (Å²) < 4.78 is 54.3. The lowest BCUT2D eigenvalue weighted by Crippen LogP contribution is -2.26. The molecule has 3 aromatic carbocycles. The van der Waals surface area contributed by atoms with Gasteiger partial charge in [-0.1, -0.05) is 47.8 Å². The van der Waals surface area contributed by atoms with Gasteiger partial charge < -0.3 is 40.4 Å². The van der Waals surface area contributed by atoms with Crippen LogP contribution in [0.15, 0.2) is 49.8 Å². The zero-order valence-corrected chi connectivity index (χ0v) is 31.4. The number of phenols is 2. The first-order valence-electron chi connectivity index (χ1n) is 15.2. The zero-order chi connectivity index (χ0) is 36.7. The zero-order valence-electron chi connectivity index (χ0n) is 26.6. The smallest absolute Gasteiger partial charge is 0.387 e. The SMILES string of the molecule is COc1cc(Br)cc(O)c1C(=O)NC1CC1.COc1cc(Br)cc(OC(F)F)c1C(=O)NC1CC1.O=C(NC1CC1)c1c(O)cc(Br)cc1F. The fourth-order valence-electron chi connectivity index (χ4n) is 4.33. The summed E-state index contributed by atoms with van der Waals surface area (Å²) >= 11 is 9.41. The number of benzene rings is 3. The number of hydrogen-bond donors (Lipinski definition) is 5. The van der Waals surface area contributed by atoms with Crippen molar-refractivity contribution >= 4 is 65.5 Å². The average molecular weight is 896 g/mol. The van der Waals surface area contributed by atoms with Gasteiger partial charge in [0.25, 0.3) is 17.7 Å². The van der Waals surface area contributed by atoms with E-state index in [1.54, 1.807) is 6.07 Å². The van der Waals surface area contributed by atoms with Gasteiger partial charge in [-0.3, -0.25) is 14.4 Å². The van der Waals surface area contributed by atoms with Crippen LogP contribution in [0.2, 0.25) is 0 Å². The first-order chi connectivity index (χ1) is 23.7. The molecule has 3 aromatic rings. The molecule has 3 aliphatic rings. The molecule has 6 rings (SSSR count). The van der Waals surface area contributed by atoms with Gasteiger partial charge in [-0.25, -0.2) is 4.39 Å². The van der Waals surface area contributed by atoms with Crippen molar-refractivity contribution in [2.45, 2.75) is 63.3 Å². The van der Waals surface area contributed by atoms with Crippen LogP contribution >= 0.6 is 47.8 Å². The van der Waals surface area contributed by atoms with Gasteiger partial charge in [0.05, 0.1) is 14.2 Å². The van der Waals surface area contributed by atoms with E-state index in [9.17, 15) is 37.8 Å². The first kappa shape index (κ1) is 39.1. The molecule has 17 heteroatoms. The molecule has 0 aromatic heterocycles. The van der Waals surface area contributed by atoms with Crippen molar-refractivity contribution in [3.8, 4) is 28.7 Å². The van der Waals surface area contributed by atoms with Crippen molar-refractivity contribution in [1.29, 1.82) is 0 Å². The average Bonchev–Trinajstić information content (AvgIpc) is 3.85. The molecule has 11 nitrogen and oxygen atoms in total. The summed E-state index contributed by atoms with van der Waals surface area (Å²) in [5.41, 5.74) is -0.111. The minimum absolute atomic E-state index is 0.0158. The van der Waals surface area contributed by atoms with Crippen LogP contribution < -0.4 is 30.2 Å². The summed E-state index contributed by atoms with van der Waals surface area (Å²) in [5.74, 6) is -2.12. The molecule has 3 fully saturated rings. The topological polar surface area (TPSA) is 155 Å². The van der Waals surface area contributed by atoms with Crippen molar-refractivity contribution in [2.24, 2.45) is 0 Å². The fraction of sp³-hybridized carbons (Fsp3) is 0.364. The molecule has 5 N–H and O–H groups in total. The number of amides is 3. The Balaban J connectivity index is 0.000000170. The Morgan fingerprint density at radius 2 is 1.00 bits per heavy atom. The summed E-state index contributed by atoms with van der Waals surface area (Å²) in [6.07, 6.45) is 5.65. The van der Waals surface area contributed by atoms with Crippen molar-refractivity contribution in [1.82, 2.24) is 16.0 Å². The van der Waals surface area contributed by atoms with Crippen LogP contribution in [0.25, 0.3) is 0 Å². The Labute approximate surface area is 310 Å². The molecule has 0 saturated heterocycles. The van der Waals surface area contributed by atoms with Crippen LogP contribution in [0.3, 0.4) is 0 Å². The molecule has 0 aliphatic heterocycles. The Kier molecular flexibility index (Phi) is 13.7. The van der Waals surface area contributed by atoms with E-state index in [2.05, 4.69) is 68.5 Å². The highest BCUT2D eigenvalue weighted by Crippen LogP contribution is 2.35. The maximum Gasteiger partial charge on any atom is 0.387 e. The maximum atomic E-state index is 13.4. The number of rotatable bonds is 10. The molecule has 3 amide bonds. The lowest BCUT2D eigenvalue weighted by atomic mass is 10.1. The third-order valence-electron chi connectivity index (χ3n) is 7.19. The van der Waals surface area contributed by atoms with E-state index in [0.29, 0.717) is 19.2 Å². The summed E-state index contributed by atoms with van der Waals surface area (Å²) in [7, 11) is 2.83. The number of hydrogen-bond acceptors (Lipinski definition) is 8. The van der Waals surface area contributed by atoms with Gasteiger partial charge in [0.1, 0.15) is 51.3 Å². The number of alkyl halides is 2. The van der Waals surface area contributed by atoms with Gasteiger partial charge in [-0.15, -0.1) is 0 Å². The highest BCUT2D eigenvalue weighted by atomic mass is 79.9. The number of ether oxygens (including phenoxy) is 3. The summed E-state index contributed by atoms with van der Waals surface area (Å²) in [5, 5.41) is 27.3. The number of aromatic hydroxyl groups is 2. The number of methoxy groups -OCH3 is 2. The molecule has 50 heavy (non-hydrogen) atoms. The second-order valence-electron chi connectivity index (χ2n) is 11.4. The van der Waals surface area contributed by atoms with Crippen LogP contribution in [-0.2, 0) is 0 Å². The highest BCUT2D eigenvalue weighted by Gasteiger charge is 2.30. The van der Waals surface area contributed by atoms with Crippen LogP contribution in [0, 0.1) is 5.82 Å². The second-order valence-corrected chi connectivity index (χ2v) is 14.1. The lowest BCUT2D eigenvalue weighted by Gasteiger charge is -2.14. The minimum Gasteiger partial charge on any atom is -0.507 e. The Morgan fingerprint density at radius 3 is 1.42 bits per heavy atom. The molecule has 0 unspecified atom stereocenters. The van der Waals surface area contributed by atoms with Crippen molar-refractivity contribution in [3.05, 3.63) is 72.3 Å². The number of phenolic OH excluding ortho intramolecular Hbond substituents is 2. The summed E-state index contributed by atoms with van der Waals surface area (Å²) in [4.78, 5) is 35.4. The van der Waals surface area contributed by atoms with Gasteiger partial charge in [-0.2, -0.15) is 8.78 Å². The van der Waals surface area contributed by atoms with Crippen molar-refractivity contribution in [3.63, 3.8) is 0 Å². The van der Waals surface area contributed by atoms with Gasteiger partial charge >= 0.3 is 6.61 Å². The number of halogens is 6. The third-order valence-corrected chi connectivity index (χ3v) is 8.56. The third kappa shape index (κ3) is 11.4. The van der Waals surface area contributed by atoms with Crippen LogP contribution in [0.4, 0.5) is 13.2 Å². The number of nitrogens with one attached hydrogen (secondary N) is 3. The molecule has 270 valence electrons. The molecular formula is C33H33Br3F3N3O8. The quantitative estimate of drug-likeness (QED) is 0.143. The van der Waals surface area contributed by atoms with Gasteiger partial charge in [0, 0.05) is 31.5 Å². The second kappa shape index (κ2) is 17.5. The minimum atomic E-state index is -3.01. The van der Waals surface area contributed by atoms with E-state index in [1.807, 2.05) is 0 Å². The largest absolute Gasteiger partial charge is 0.507 e. The molecule has 0 radical (unpaired) electrons. The van der Waals surface area contributed by atoms with E-state index in [4.69, 9.17) is 9.47 Å². The van der Waals surface area contributed by atoms with E-state index >= 15 is 0 Å². The monoisotopic (exact) mass is 893 g/mol. The molecule has 0 heterocycles. The van der Waals surface area contributed by atoms with E-state index in [0.717, 1.165) is 44.6 Å². The standard InChI is InChI=1S/C12H12BrF2NO3.C11H12BrNO3.C10H9BrFNO2/c1-18-8-4-6(13)5-9(19-12(14)15)10(8)11(17)16-7-2-3-7;1-16-9-5-6(12)4-8(14)10(9)11(15)13-7-2-3-7;11-5-3-7(12)9(8(14)4-5)10(15)13-6-1-2-6/h4-5,7,12H,2-3H2,1H3,(H,16,17);4-5,7,14H,2-3H2,1H3,(H,13,15);3-4,6,14H,1-2H2,(H,13,15). The Morgan fingerprint density at radius 1 is 0.640 bits per heavy atom. The number of carbonyl (C=O) groups is 3. The molecule has 0 atom stereocenters. The normalized spacial score (nSPS) is 14.7. The summed E-state index contributed by atoms with van der Waals surface area (Å²) in [6.45, 7) is -3.01. The molecule has 0 bridgehead atoms. The van der Waals surface area contributed by atoms with Gasteiger partial charge in [0.15, 0.2) is 0 Å². The Bertz CT molecular complexity index is 1710. The van der Waals surface area contributed by atoms with Crippen LogP contribution in [0.1, 0.15) is 69.6 Å². The summed E-state index contributed by atoms with van der Waals surface area (Å²) in [6, 6.07) is 8.93. The highest BCUT2D eigenvalue weighted by molar-refractivity contribution is 9.11. The number of carbonyl (C=O) groups excluding carboxylic acids is 3. The molecule has 3 aliphatic carbocycles. The van der Waals surface area contributed by atoms with Gasteiger partial charge in [0.2, 0.25) is 0 Å². The predicted molar refractivity (Wildman–Crippen MR) is 187 cm³/mol. The van der Waals surface area contributed by atoms with E-state index in [1.165, 1.54) is 38.5 Å². The molecule has 0 spiro atoms. The maximum absolute atomic E-state index is 13.4. The Hall–Kier alpha value is -3.70. The van der Waals surface area contributed by atoms with Gasteiger partial charge in [-0.05, 0) is 74.9 Å². The van der Waals surface area contributed by atoms with Crippen molar-refractivity contribution in [2.75, 3.05) is 14.2 Å². The van der Waals surface area contributed by atoms with Crippen molar-refractivity contribution < 1.29 is 52.0 Å².